The van der Waals surface area contributed by atoms with Gasteiger partial charge in [0.25, 0.3) is 0 Å². The van der Waals surface area contributed by atoms with Gasteiger partial charge in [0.1, 0.15) is 0 Å². The molecule has 0 spiro atoms. The molecular weight excluding hydrogens is 200 g/mol. The van der Waals surface area contributed by atoms with Crippen LogP contribution in [-0.2, 0) is 4.74 Å². The van der Waals surface area contributed by atoms with Gasteiger partial charge in [-0.25, -0.2) is 0 Å². The fourth-order valence-corrected chi connectivity index (χ4v) is 1.91. The minimum Gasteiger partial charge on any atom is -0.369 e. The third kappa shape index (κ3) is 2.60. The van der Waals surface area contributed by atoms with Gasteiger partial charge in [-0.15, -0.1) is 0 Å². The molecule has 0 aliphatic heterocycles. The normalized spacial score (nSPS) is 20.1. The molecule has 2 unspecified atom stereocenters. The van der Waals surface area contributed by atoms with E-state index in [1.54, 1.807) is 12.4 Å². The van der Waals surface area contributed by atoms with Gasteiger partial charge in [0.05, 0.1) is 12.2 Å². The van der Waals surface area contributed by atoms with Gasteiger partial charge < -0.3 is 10.5 Å². The lowest BCUT2D eigenvalue weighted by molar-refractivity contribution is -0.0638. The van der Waals surface area contributed by atoms with Crippen molar-refractivity contribution in [1.29, 1.82) is 0 Å². The molecule has 3 nitrogen and oxygen atoms in total. The van der Waals surface area contributed by atoms with Gasteiger partial charge in [-0.3, -0.25) is 4.98 Å². The second kappa shape index (κ2) is 5.41. The van der Waals surface area contributed by atoms with Crippen molar-refractivity contribution in [2.45, 2.75) is 50.9 Å². The quantitative estimate of drug-likeness (QED) is 0.829. The van der Waals surface area contributed by atoms with Crippen molar-refractivity contribution in [2.75, 3.05) is 0 Å². The highest BCUT2D eigenvalue weighted by Crippen LogP contribution is 2.30. The van der Waals surface area contributed by atoms with Crippen molar-refractivity contribution in [2.24, 2.45) is 5.73 Å². The highest BCUT2D eigenvalue weighted by atomic mass is 16.5. The van der Waals surface area contributed by atoms with Crippen molar-refractivity contribution >= 4 is 0 Å². The predicted octanol–water partition coefficient (Wildman–Crippen LogP) is 2.43. The third-order valence-electron chi connectivity index (χ3n) is 3.29. The molecule has 1 aliphatic carbocycles. The van der Waals surface area contributed by atoms with E-state index < -0.39 is 0 Å². The summed E-state index contributed by atoms with van der Waals surface area (Å²) in [5.41, 5.74) is 7.28. The Kier molecular flexibility index (Phi) is 3.91. The Bertz CT molecular complexity index is 311. The van der Waals surface area contributed by atoms with Crippen LogP contribution in [0.4, 0.5) is 0 Å². The van der Waals surface area contributed by atoms with Crippen LogP contribution in [0.25, 0.3) is 0 Å². The van der Waals surface area contributed by atoms with Crippen LogP contribution in [0.1, 0.15) is 44.3 Å². The van der Waals surface area contributed by atoms with E-state index in [1.165, 1.54) is 19.3 Å². The monoisotopic (exact) mass is 220 g/mol. The maximum Gasteiger partial charge on any atom is 0.0980 e. The van der Waals surface area contributed by atoms with E-state index in [0.29, 0.717) is 6.10 Å². The Hall–Kier alpha value is -0.930. The third-order valence-corrected chi connectivity index (χ3v) is 3.29. The van der Waals surface area contributed by atoms with Gasteiger partial charge in [-0.05, 0) is 43.4 Å². The topological polar surface area (TPSA) is 48.1 Å². The van der Waals surface area contributed by atoms with E-state index in [0.717, 1.165) is 12.0 Å². The Morgan fingerprint density at radius 3 is 2.62 bits per heavy atom. The highest BCUT2D eigenvalue weighted by molar-refractivity contribution is 5.15. The number of hydrogen-bond donors (Lipinski definition) is 1. The predicted molar refractivity (Wildman–Crippen MR) is 64.0 cm³/mol. The van der Waals surface area contributed by atoms with Crippen molar-refractivity contribution in [3.63, 3.8) is 0 Å². The summed E-state index contributed by atoms with van der Waals surface area (Å²) in [6, 6.07) is 4.07. The molecule has 1 saturated carbocycles. The first-order valence-corrected chi connectivity index (χ1v) is 6.12. The summed E-state index contributed by atoms with van der Waals surface area (Å²) in [6.45, 7) is 2.10. The first-order valence-electron chi connectivity index (χ1n) is 6.12. The second-order valence-electron chi connectivity index (χ2n) is 4.46. The molecule has 1 aromatic rings. The van der Waals surface area contributed by atoms with Crippen molar-refractivity contribution in [3.8, 4) is 0 Å². The molecule has 16 heavy (non-hydrogen) atoms. The molecule has 0 saturated heterocycles. The van der Waals surface area contributed by atoms with E-state index in [1.807, 2.05) is 12.1 Å². The molecule has 88 valence electrons. The van der Waals surface area contributed by atoms with Crippen LogP contribution in [0.2, 0.25) is 0 Å². The van der Waals surface area contributed by atoms with E-state index in [9.17, 15) is 0 Å². The zero-order valence-corrected chi connectivity index (χ0v) is 9.80. The number of aromatic nitrogens is 1. The summed E-state index contributed by atoms with van der Waals surface area (Å²) in [5, 5.41) is 0. The van der Waals surface area contributed by atoms with Gasteiger partial charge in [0.2, 0.25) is 0 Å². The summed E-state index contributed by atoms with van der Waals surface area (Å²) in [7, 11) is 0. The van der Waals surface area contributed by atoms with Gasteiger partial charge in [-0.1, -0.05) is 6.92 Å². The molecule has 1 heterocycles. The molecule has 2 N–H and O–H groups in total. The smallest absolute Gasteiger partial charge is 0.0980 e. The zero-order chi connectivity index (χ0) is 11.4. The van der Waals surface area contributed by atoms with Crippen molar-refractivity contribution in [1.82, 2.24) is 4.98 Å². The average Bonchev–Trinajstić information content (AvgIpc) is 2.28. The molecular formula is C13H20N2O. The van der Waals surface area contributed by atoms with Crippen LogP contribution in [0, 0.1) is 0 Å². The number of rotatable bonds is 5. The summed E-state index contributed by atoms with van der Waals surface area (Å²) in [5.74, 6) is 0. The molecule has 0 bridgehead atoms. The lowest BCUT2D eigenvalue weighted by Gasteiger charge is -2.33. The molecule has 0 radical (unpaired) electrons. The first-order chi connectivity index (χ1) is 7.81. The minimum atomic E-state index is 0.0262. The summed E-state index contributed by atoms with van der Waals surface area (Å²) in [4.78, 5) is 4.03. The maximum atomic E-state index is 6.13. The molecule has 0 amide bonds. The van der Waals surface area contributed by atoms with Crippen LogP contribution in [0.3, 0.4) is 0 Å². The van der Waals surface area contributed by atoms with E-state index >= 15 is 0 Å². The largest absolute Gasteiger partial charge is 0.369 e. The molecule has 1 aliphatic rings. The Labute approximate surface area is 97.0 Å². The Balaban J connectivity index is 2.07. The minimum absolute atomic E-state index is 0.0262. The summed E-state index contributed by atoms with van der Waals surface area (Å²) in [6.07, 6.45) is 8.61. The fraction of sp³-hybridized carbons (Fsp3) is 0.615. The standard InChI is InChI=1S/C13H20N2O/c1-2-12(14)13(16-11-4-3-5-11)10-6-8-15-9-7-10/h6-9,11-13H,2-5,14H2,1H3. The molecule has 2 atom stereocenters. The van der Waals surface area contributed by atoms with E-state index in [2.05, 4.69) is 11.9 Å². The Morgan fingerprint density at radius 1 is 1.44 bits per heavy atom. The highest BCUT2D eigenvalue weighted by Gasteiger charge is 2.26. The SMILES string of the molecule is CCC(N)C(OC1CCC1)c1ccncc1. The van der Waals surface area contributed by atoms with Crippen LogP contribution in [0.5, 0.6) is 0 Å². The van der Waals surface area contributed by atoms with Crippen molar-refractivity contribution < 1.29 is 4.74 Å². The van der Waals surface area contributed by atoms with Crippen LogP contribution < -0.4 is 5.73 Å². The summed E-state index contributed by atoms with van der Waals surface area (Å²) < 4.78 is 6.07. The molecule has 1 aromatic heterocycles. The molecule has 1 fully saturated rings. The number of hydrogen-bond acceptors (Lipinski definition) is 3. The summed E-state index contributed by atoms with van der Waals surface area (Å²) >= 11 is 0. The van der Waals surface area contributed by atoms with Crippen LogP contribution in [0.15, 0.2) is 24.5 Å². The maximum absolute atomic E-state index is 6.13. The average molecular weight is 220 g/mol. The van der Waals surface area contributed by atoms with Gasteiger partial charge in [-0.2, -0.15) is 0 Å². The molecule has 3 heteroatoms. The number of nitrogens with zero attached hydrogens (tertiary/aromatic N) is 1. The van der Waals surface area contributed by atoms with Gasteiger partial charge >= 0.3 is 0 Å². The van der Waals surface area contributed by atoms with E-state index in [-0.39, 0.29) is 12.1 Å². The number of ether oxygens (including phenoxy) is 1. The lowest BCUT2D eigenvalue weighted by atomic mass is 9.94. The number of pyridine rings is 1. The van der Waals surface area contributed by atoms with Gasteiger partial charge in [0, 0.05) is 18.4 Å². The van der Waals surface area contributed by atoms with Gasteiger partial charge in [0.15, 0.2) is 0 Å². The zero-order valence-electron chi connectivity index (χ0n) is 9.80. The molecule has 0 aromatic carbocycles. The second-order valence-corrected chi connectivity index (χ2v) is 4.46. The van der Waals surface area contributed by atoms with E-state index in [4.69, 9.17) is 10.5 Å². The Morgan fingerprint density at radius 2 is 2.12 bits per heavy atom. The fourth-order valence-electron chi connectivity index (χ4n) is 1.91. The molecule has 2 rings (SSSR count). The number of nitrogens with two attached hydrogens (primary N) is 1. The van der Waals surface area contributed by atoms with Crippen LogP contribution >= 0.6 is 0 Å². The first kappa shape index (κ1) is 11.6. The van der Waals surface area contributed by atoms with Crippen molar-refractivity contribution in [3.05, 3.63) is 30.1 Å². The lowest BCUT2D eigenvalue weighted by Crippen LogP contribution is -2.34. The van der Waals surface area contributed by atoms with Crippen LogP contribution in [-0.4, -0.2) is 17.1 Å².